The van der Waals surface area contributed by atoms with Crippen molar-refractivity contribution < 1.29 is 9.59 Å². The first-order chi connectivity index (χ1) is 9.58. The molecule has 1 aromatic rings. The van der Waals surface area contributed by atoms with Crippen molar-refractivity contribution in [2.24, 2.45) is 5.92 Å². The molecule has 0 spiro atoms. The van der Waals surface area contributed by atoms with E-state index in [9.17, 15) is 9.59 Å². The summed E-state index contributed by atoms with van der Waals surface area (Å²) in [7, 11) is 1.53. The normalized spacial score (nSPS) is 21.2. The number of nitrogens with one attached hydrogen (secondary N) is 2. The third kappa shape index (κ3) is 2.84. The van der Waals surface area contributed by atoms with E-state index in [-0.39, 0.29) is 5.91 Å². The van der Waals surface area contributed by atoms with Gasteiger partial charge in [-0.1, -0.05) is 6.92 Å². The average molecular weight is 274 g/mol. The summed E-state index contributed by atoms with van der Waals surface area (Å²) in [6.45, 7) is 4.11. The van der Waals surface area contributed by atoms with Gasteiger partial charge in [-0.05, 0) is 36.8 Å². The molecule has 1 aliphatic carbocycles. The first-order valence-electron chi connectivity index (χ1n) is 6.55. The van der Waals surface area contributed by atoms with Crippen molar-refractivity contribution in [3.8, 4) is 0 Å². The summed E-state index contributed by atoms with van der Waals surface area (Å²) >= 11 is 0. The number of rotatable bonds is 5. The molecule has 2 N–H and O–H groups in total. The van der Waals surface area contributed by atoms with E-state index in [4.69, 9.17) is 0 Å². The van der Waals surface area contributed by atoms with Gasteiger partial charge in [0.15, 0.2) is 0 Å². The zero-order valence-electron chi connectivity index (χ0n) is 11.8. The minimum absolute atomic E-state index is 0.293. The highest BCUT2D eigenvalue weighted by molar-refractivity contribution is 6.18. The summed E-state index contributed by atoms with van der Waals surface area (Å²) < 4.78 is 0. The zero-order valence-corrected chi connectivity index (χ0v) is 11.8. The molecule has 0 bridgehead atoms. The highest BCUT2D eigenvalue weighted by Gasteiger charge is 2.36. The van der Waals surface area contributed by atoms with Crippen LogP contribution in [0.15, 0.2) is 12.3 Å². The Balaban J connectivity index is 2.38. The Kier molecular flexibility index (Phi) is 4.12. The summed E-state index contributed by atoms with van der Waals surface area (Å²) in [5.74, 6) is 0.827. The van der Waals surface area contributed by atoms with Gasteiger partial charge in [0.1, 0.15) is 5.69 Å². The summed E-state index contributed by atoms with van der Waals surface area (Å²) in [6, 6.07) is 1.89. The molecule has 0 aromatic carbocycles. The molecule has 1 fully saturated rings. The van der Waals surface area contributed by atoms with Gasteiger partial charge in [0.05, 0.1) is 11.3 Å². The van der Waals surface area contributed by atoms with Crippen molar-refractivity contribution in [1.29, 1.82) is 0 Å². The Morgan fingerprint density at radius 1 is 1.45 bits per heavy atom. The van der Waals surface area contributed by atoms with Gasteiger partial charge in [-0.2, -0.15) is 5.10 Å². The number of hydrogen-bond donors (Lipinski definition) is 2. The fourth-order valence-electron chi connectivity index (χ4n) is 2.24. The van der Waals surface area contributed by atoms with E-state index in [2.05, 4.69) is 27.8 Å². The molecule has 2 atom stereocenters. The summed E-state index contributed by atoms with van der Waals surface area (Å²) in [5, 5.41) is 13.1. The Hall–Kier alpha value is -2.24. The van der Waals surface area contributed by atoms with Crippen LogP contribution in [0.1, 0.15) is 36.2 Å². The first-order valence-corrected chi connectivity index (χ1v) is 6.55. The average Bonchev–Trinajstić information content (AvgIpc) is 3.17. The molecule has 20 heavy (non-hydrogen) atoms. The second kappa shape index (κ2) is 5.81. The van der Waals surface area contributed by atoms with Crippen LogP contribution in [0.2, 0.25) is 0 Å². The topological polar surface area (TPSA) is 84.0 Å². The molecular weight excluding hydrogens is 256 g/mol. The Morgan fingerprint density at radius 3 is 2.70 bits per heavy atom. The monoisotopic (exact) mass is 274 g/mol. The molecule has 106 valence electrons. The first kappa shape index (κ1) is 14.2. The molecule has 0 saturated heterocycles. The summed E-state index contributed by atoms with van der Waals surface area (Å²) in [6.07, 6.45) is 2.98. The molecular formula is C14H18N4O2. The lowest BCUT2D eigenvalue weighted by molar-refractivity contribution is -0.115. The number of amides is 2. The number of aromatic nitrogens is 2. The Labute approximate surface area is 117 Å². The number of hydrogen-bond acceptors (Lipinski definition) is 4. The molecule has 0 aliphatic heterocycles. The van der Waals surface area contributed by atoms with Crippen LogP contribution in [0.4, 0.5) is 0 Å². The van der Waals surface area contributed by atoms with Crippen LogP contribution in [-0.2, 0) is 9.59 Å². The van der Waals surface area contributed by atoms with E-state index < -0.39 is 0 Å². The van der Waals surface area contributed by atoms with Crippen molar-refractivity contribution in [2.75, 3.05) is 7.05 Å². The van der Waals surface area contributed by atoms with Crippen molar-refractivity contribution in [1.82, 2.24) is 20.8 Å². The lowest BCUT2D eigenvalue weighted by Gasteiger charge is -2.09. The molecule has 0 radical (unpaired) electrons. The third-order valence-electron chi connectivity index (χ3n) is 3.57. The highest BCUT2D eigenvalue weighted by atomic mass is 16.1. The van der Waals surface area contributed by atoms with Gasteiger partial charge < -0.3 is 10.6 Å². The summed E-state index contributed by atoms with van der Waals surface area (Å²) in [5.41, 5.74) is 2.78. The van der Waals surface area contributed by atoms with E-state index >= 15 is 0 Å². The van der Waals surface area contributed by atoms with Crippen LogP contribution in [-0.4, -0.2) is 29.6 Å². The SMILES string of the molecule is CNC(=O)/C(=C\NC=O)c1cc(C2C[C@@H]2C)c(C)nn1. The van der Waals surface area contributed by atoms with Crippen LogP contribution in [0.3, 0.4) is 0 Å². The van der Waals surface area contributed by atoms with Gasteiger partial charge in [0.2, 0.25) is 6.41 Å². The standard InChI is InChI=1S/C14H18N4O2/c1-8-4-10(8)11-5-13(18-17-9(11)2)12(6-16-7-19)14(20)15-3/h5-8,10H,4H2,1-3H3,(H,15,20)(H,16,19)/b12-6-/t8-,10?/m0/s1. The lowest BCUT2D eigenvalue weighted by atomic mass is 10.0. The van der Waals surface area contributed by atoms with Gasteiger partial charge in [-0.15, -0.1) is 5.10 Å². The van der Waals surface area contributed by atoms with Gasteiger partial charge in [0, 0.05) is 13.2 Å². The van der Waals surface area contributed by atoms with Crippen LogP contribution in [0, 0.1) is 12.8 Å². The van der Waals surface area contributed by atoms with Gasteiger partial charge in [-0.3, -0.25) is 9.59 Å². The van der Waals surface area contributed by atoms with Crippen LogP contribution >= 0.6 is 0 Å². The van der Waals surface area contributed by atoms with E-state index in [1.807, 2.05) is 13.0 Å². The lowest BCUT2D eigenvalue weighted by Crippen LogP contribution is -2.22. The predicted molar refractivity (Wildman–Crippen MR) is 74.5 cm³/mol. The van der Waals surface area contributed by atoms with Gasteiger partial charge >= 0.3 is 0 Å². The number of aryl methyl sites for hydroxylation is 1. The Bertz CT molecular complexity index is 568. The van der Waals surface area contributed by atoms with Crippen molar-refractivity contribution in [3.63, 3.8) is 0 Å². The third-order valence-corrected chi connectivity index (χ3v) is 3.57. The van der Waals surface area contributed by atoms with Crippen molar-refractivity contribution in [3.05, 3.63) is 29.2 Å². The fraction of sp³-hybridized carbons (Fsp3) is 0.429. The molecule has 6 heteroatoms. The van der Waals surface area contributed by atoms with Crippen LogP contribution in [0.5, 0.6) is 0 Å². The molecule has 1 unspecified atom stereocenters. The largest absolute Gasteiger partial charge is 0.355 e. The van der Waals surface area contributed by atoms with Gasteiger partial charge in [-0.25, -0.2) is 0 Å². The summed E-state index contributed by atoms with van der Waals surface area (Å²) in [4.78, 5) is 22.3. The molecule has 1 aliphatic rings. The molecule has 1 heterocycles. The molecule has 6 nitrogen and oxygen atoms in total. The number of likely N-dealkylation sites (N-methyl/N-ethyl adjacent to an activating group) is 1. The smallest absolute Gasteiger partial charge is 0.254 e. The number of nitrogens with zero attached hydrogens (tertiary/aromatic N) is 2. The quantitative estimate of drug-likeness (QED) is 0.613. The van der Waals surface area contributed by atoms with Crippen LogP contribution in [0.25, 0.3) is 5.57 Å². The fourth-order valence-corrected chi connectivity index (χ4v) is 2.24. The van der Waals surface area contributed by atoms with E-state index in [0.717, 1.165) is 17.7 Å². The molecule has 2 amide bonds. The maximum absolute atomic E-state index is 11.9. The maximum Gasteiger partial charge on any atom is 0.254 e. The van der Waals surface area contributed by atoms with E-state index in [1.54, 1.807) is 0 Å². The maximum atomic E-state index is 11.9. The minimum atomic E-state index is -0.313. The minimum Gasteiger partial charge on any atom is -0.355 e. The molecule has 1 aromatic heterocycles. The van der Waals surface area contributed by atoms with Crippen molar-refractivity contribution >= 4 is 17.9 Å². The highest BCUT2D eigenvalue weighted by Crippen LogP contribution is 2.47. The van der Waals surface area contributed by atoms with E-state index in [0.29, 0.717) is 29.5 Å². The predicted octanol–water partition coefficient (Wildman–Crippen LogP) is 0.741. The van der Waals surface area contributed by atoms with Gasteiger partial charge in [0.25, 0.3) is 5.91 Å². The van der Waals surface area contributed by atoms with Crippen molar-refractivity contribution in [2.45, 2.75) is 26.2 Å². The second-order valence-electron chi connectivity index (χ2n) is 5.01. The molecule has 2 rings (SSSR count). The zero-order chi connectivity index (χ0) is 14.7. The second-order valence-corrected chi connectivity index (χ2v) is 5.01. The van der Waals surface area contributed by atoms with E-state index in [1.165, 1.54) is 13.2 Å². The number of carbonyl (C=O) groups is 2. The molecule has 1 saturated carbocycles. The van der Waals surface area contributed by atoms with Crippen LogP contribution < -0.4 is 10.6 Å². The number of carbonyl (C=O) groups excluding carboxylic acids is 2. The Morgan fingerprint density at radius 2 is 2.15 bits per heavy atom.